The molecule has 64 heavy (non-hydrogen) atoms. The molecular weight excluding hydrogens is 793 g/mol. The predicted octanol–water partition coefficient (Wildman–Crippen LogP) is 18.3. The molecule has 1 unspecified atom stereocenters. The standard InChI is InChI=1S/C58H104O6/c1-4-7-10-13-16-19-22-25-27-28-29-31-33-36-39-42-45-48-51-57(60)63-54-55(53-62-56(59)50-47-44-41-38-35-32-24-21-18-15-12-9-6-3)64-58(61)52-49-46-43-40-37-34-30-26-23-20-17-14-11-8-5-2/h20,23,29,31-32,35,41,44,55H,4-19,21-22,24-28,30,33-34,36-40,42-43,45-54H2,1-3H3/b23-20-,31-29-,35-32-,44-41-. The summed E-state index contributed by atoms with van der Waals surface area (Å²) in [4.78, 5) is 38.0. The summed E-state index contributed by atoms with van der Waals surface area (Å²) in [5, 5.41) is 0. The Morgan fingerprint density at radius 2 is 0.594 bits per heavy atom. The van der Waals surface area contributed by atoms with Gasteiger partial charge in [-0.3, -0.25) is 14.4 Å². The Balaban J connectivity index is 4.41. The van der Waals surface area contributed by atoms with Gasteiger partial charge in [0.05, 0.1) is 0 Å². The summed E-state index contributed by atoms with van der Waals surface area (Å²) >= 11 is 0. The summed E-state index contributed by atoms with van der Waals surface area (Å²) in [6.07, 6.45) is 64.0. The van der Waals surface area contributed by atoms with Gasteiger partial charge in [0.15, 0.2) is 6.10 Å². The van der Waals surface area contributed by atoms with Crippen molar-refractivity contribution < 1.29 is 28.6 Å². The van der Waals surface area contributed by atoms with Gasteiger partial charge < -0.3 is 14.2 Å². The van der Waals surface area contributed by atoms with Crippen LogP contribution in [-0.4, -0.2) is 37.2 Å². The van der Waals surface area contributed by atoms with Crippen LogP contribution in [-0.2, 0) is 28.6 Å². The highest BCUT2D eigenvalue weighted by Gasteiger charge is 2.19. The summed E-state index contributed by atoms with van der Waals surface area (Å²) in [6, 6.07) is 0. The summed E-state index contributed by atoms with van der Waals surface area (Å²) < 4.78 is 16.8. The Hall–Kier alpha value is -2.63. The van der Waals surface area contributed by atoms with E-state index in [2.05, 4.69) is 63.3 Å². The van der Waals surface area contributed by atoms with Crippen molar-refractivity contribution in [2.45, 2.75) is 290 Å². The quantitative estimate of drug-likeness (QED) is 0.0262. The van der Waals surface area contributed by atoms with Crippen LogP contribution in [0.1, 0.15) is 284 Å². The van der Waals surface area contributed by atoms with Gasteiger partial charge in [0.25, 0.3) is 0 Å². The lowest BCUT2D eigenvalue weighted by Crippen LogP contribution is -2.30. The van der Waals surface area contributed by atoms with Gasteiger partial charge in [0.2, 0.25) is 0 Å². The molecule has 0 aliphatic heterocycles. The first-order valence-electron chi connectivity index (χ1n) is 27.6. The first-order valence-corrected chi connectivity index (χ1v) is 27.6. The highest BCUT2D eigenvalue weighted by Crippen LogP contribution is 2.15. The maximum Gasteiger partial charge on any atom is 0.306 e. The third-order valence-electron chi connectivity index (χ3n) is 12.0. The number of hydrogen-bond acceptors (Lipinski definition) is 6. The van der Waals surface area contributed by atoms with Gasteiger partial charge in [-0.1, -0.05) is 223 Å². The molecule has 0 aliphatic rings. The predicted molar refractivity (Wildman–Crippen MR) is 275 cm³/mol. The number of hydrogen-bond donors (Lipinski definition) is 0. The number of allylic oxidation sites excluding steroid dienone is 8. The topological polar surface area (TPSA) is 78.9 Å². The Bertz CT molecular complexity index is 1120. The smallest absolute Gasteiger partial charge is 0.306 e. The van der Waals surface area contributed by atoms with E-state index in [9.17, 15) is 14.4 Å². The van der Waals surface area contributed by atoms with Crippen LogP contribution < -0.4 is 0 Å². The second kappa shape index (κ2) is 53.0. The highest BCUT2D eigenvalue weighted by atomic mass is 16.6. The van der Waals surface area contributed by atoms with E-state index in [1.807, 2.05) is 6.08 Å². The van der Waals surface area contributed by atoms with Crippen molar-refractivity contribution in [3.05, 3.63) is 48.6 Å². The second-order valence-corrected chi connectivity index (χ2v) is 18.5. The first kappa shape index (κ1) is 61.4. The van der Waals surface area contributed by atoms with Gasteiger partial charge in [0, 0.05) is 19.3 Å². The fourth-order valence-corrected chi connectivity index (χ4v) is 7.84. The number of unbranched alkanes of at least 4 members (excludes halogenated alkanes) is 31. The van der Waals surface area contributed by atoms with Crippen LogP contribution in [0.15, 0.2) is 48.6 Å². The van der Waals surface area contributed by atoms with Crippen molar-refractivity contribution in [1.82, 2.24) is 0 Å². The van der Waals surface area contributed by atoms with Crippen LogP contribution in [0.25, 0.3) is 0 Å². The van der Waals surface area contributed by atoms with Crippen molar-refractivity contribution in [2.24, 2.45) is 0 Å². The summed E-state index contributed by atoms with van der Waals surface area (Å²) in [5.74, 6) is -0.968. The zero-order chi connectivity index (χ0) is 46.5. The van der Waals surface area contributed by atoms with Crippen LogP contribution in [0.3, 0.4) is 0 Å². The molecule has 0 saturated heterocycles. The molecule has 6 heteroatoms. The molecule has 372 valence electrons. The number of carbonyl (C=O) groups excluding carboxylic acids is 3. The van der Waals surface area contributed by atoms with Crippen LogP contribution in [0, 0.1) is 0 Å². The van der Waals surface area contributed by atoms with Crippen LogP contribution >= 0.6 is 0 Å². The largest absolute Gasteiger partial charge is 0.462 e. The molecule has 6 nitrogen and oxygen atoms in total. The van der Waals surface area contributed by atoms with Gasteiger partial charge >= 0.3 is 17.9 Å². The van der Waals surface area contributed by atoms with E-state index >= 15 is 0 Å². The van der Waals surface area contributed by atoms with E-state index in [0.29, 0.717) is 19.3 Å². The fraction of sp³-hybridized carbons (Fsp3) is 0.810. The summed E-state index contributed by atoms with van der Waals surface area (Å²) in [6.45, 7) is 6.58. The molecule has 1 atom stereocenters. The Morgan fingerprint density at radius 1 is 0.312 bits per heavy atom. The lowest BCUT2D eigenvalue weighted by molar-refractivity contribution is -0.166. The van der Waals surface area contributed by atoms with E-state index in [0.717, 1.165) is 57.8 Å². The van der Waals surface area contributed by atoms with E-state index in [1.165, 1.54) is 180 Å². The van der Waals surface area contributed by atoms with Crippen molar-refractivity contribution in [3.8, 4) is 0 Å². The molecule has 0 heterocycles. The Morgan fingerprint density at radius 3 is 0.984 bits per heavy atom. The number of ether oxygens (including phenoxy) is 3. The zero-order valence-electron chi connectivity index (χ0n) is 42.6. The summed E-state index contributed by atoms with van der Waals surface area (Å²) in [5.41, 5.74) is 0. The molecule has 0 aromatic carbocycles. The monoisotopic (exact) mass is 897 g/mol. The number of esters is 3. The zero-order valence-corrected chi connectivity index (χ0v) is 42.6. The molecule has 0 spiro atoms. The molecule has 0 radical (unpaired) electrons. The third-order valence-corrected chi connectivity index (χ3v) is 12.0. The van der Waals surface area contributed by atoms with E-state index < -0.39 is 6.10 Å². The molecule has 0 bridgehead atoms. The third kappa shape index (κ3) is 50.4. The minimum Gasteiger partial charge on any atom is -0.462 e. The van der Waals surface area contributed by atoms with Gasteiger partial charge in [-0.25, -0.2) is 0 Å². The minimum absolute atomic E-state index is 0.0950. The first-order chi connectivity index (χ1) is 31.5. The SMILES string of the molecule is CCCCCC/C=C\CCCCCCCCCC(=O)OC(COC(=O)CC/C=C\C/C=C\CCCCCCCC)COC(=O)CCCCCCC/C=C\CCCCCCCCCCC. The normalized spacial score (nSPS) is 12.4. The maximum atomic E-state index is 12.8. The van der Waals surface area contributed by atoms with Crippen molar-refractivity contribution in [2.75, 3.05) is 13.2 Å². The molecule has 0 aromatic rings. The van der Waals surface area contributed by atoms with Gasteiger partial charge in [0.1, 0.15) is 13.2 Å². The lowest BCUT2D eigenvalue weighted by atomic mass is 10.1. The van der Waals surface area contributed by atoms with Crippen LogP contribution in [0.5, 0.6) is 0 Å². The van der Waals surface area contributed by atoms with E-state index in [1.54, 1.807) is 0 Å². The molecule has 0 saturated carbocycles. The van der Waals surface area contributed by atoms with Crippen LogP contribution in [0.2, 0.25) is 0 Å². The van der Waals surface area contributed by atoms with Gasteiger partial charge in [-0.05, 0) is 89.9 Å². The number of carbonyl (C=O) groups is 3. The number of rotatable bonds is 50. The van der Waals surface area contributed by atoms with Gasteiger partial charge in [-0.2, -0.15) is 0 Å². The highest BCUT2D eigenvalue weighted by molar-refractivity contribution is 5.71. The maximum absolute atomic E-state index is 12.8. The summed E-state index contributed by atoms with van der Waals surface area (Å²) in [7, 11) is 0. The molecule has 0 amide bonds. The second-order valence-electron chi connectivity index (χ2n) is 18.5. The molecule has 0 rings (SSSR count). The van der Waals surface area contributed by atoms with Gasteiger partial charge in [-0.15, -0.1) is 0 Å². The average Bonchev–Trinajstić information content (AvgIpc) is 3.29. The van der Waals surface area contributed by atoms with Crippen molar-refractivity contribution in [1.29, 1.82) is 0 Å². The lowest BCUT2D eigenvalue weighted by Gasteiger charge is -2.18. The van der Waals surface area contributed by atoms with Crippen LogP contribution in [0.4, 0.5) is 0 Å². The Kier molecular flexibility index (Phi) is 50.8. The molecule has 0 aliphatic carbocycles. The molecule has 0 N–H and O–H groups in total. The minimum atomic E-state index is -0.800. The molecular formula is C58H104O6. The molecule has 0 aromatic heterocycles. The fourth-order valence-electron chi connectivity index (χ4n) is 7.84. The van der Waals surface area contributed by atoms with Crippen molar-refractivity contribution >= 4 is 17.9 Å². The van der Waals surface area contributed by atoms with E-state index in [4.69, 9.17) is 14.2 Å². The van der Waals surface area contributed by atoms with Crippen molar-refractivity contribution in [3.63, 3.8) is 0 Å². The average molecular weight is 897 g/mol. The molecule has 0 fully saturated rings. The Labute approximate surface area is 397 Å². The van der Waals surface area contributed by atoms with E-state index in [-0.39, 0.29) is 37.5 Å².